The van der Waals surface area contributed by atoms with Crippen molar-refractivity contribution in [2.45, 2.75) is 0 Å². The summed E-state index contributed by atoms with van der Waals surface area (Å²) < 4.78 is 7.34. The monoisotopic (exact) mass is 580 g/mol. The predicted molar refractivity (Wildman–Crippen MR) is 184 cm³/mol. The molecule has 0 aliphatic heterocycles. The van der Waals surface area contributed by atoms with Crippen molar-refractivity contribution in [1.29, 1.82) is 0 Å². The molecule has 44 heavy (non-hydrogen) atoms. The molecule has 9 aromatic rings. The van der Waals surface area contributed by atoms with Gasteiger partial charge >= 0.3 is 0 Å². The van der Waals surface area contributed by atoms with Gasteiger partial charge in [0.2, 0.25) is 5.89 Å². The summed E-state index contributed by atoms with van der Waals surface area (Å²) >= 11 is 1.85. The number of fused-ring (bicyclic) bond motifs is 5. The molecule has 0 atom stereocenters. The number of thiophene rings is 1. The summed E-state index contributed by atoms with van der Waals surface area (Å²) in [5.41, 5.74) is 9.24. The van der Waals surface area contributed by atoms with E-state index in [0.717, 1.165) is 39.0 Å². The second-order valence-corrected chi connectivity index (χ2v) is 12.0. The molecule has 3 aromatic heterocycles. The van der Waals surface area contributed by atoms with Crippen LogP contribution in [-0.4, -0.2) is 9.97 Å². The van der Waals surface area contributed by atoms with Crippen LogP contribution in [0.4, 0.5) is 0 Å². The second kappa shape index (κ2) is 10.0. The zero-order chi connectivity index (χ0) is 29.0. The van der Waals surface area contributed by atoms with E-state index >= 15 is 0 Å². The fraction of sp³-hybridized carbons (Fsp3) is 0. The average Bonchev–Trinajstić information content (AvgIpc) is 3.71. The third kappa shape index (κ3) is 4.03. The van der Waals surface area contributed by atoms with Gasteiger partial charge in [0, 0.05) is 37.0 Å². The number of rotatable bonds is 4. The lowest BCUT2D eigenvalue weighted by Crippen LogP contribution is -1.90. The highest BCUT2D eigenvalue weighted by molar-refractivity contribution is 7.24. The zero-order valence-electron chi connectivity index (χ0n) is 23.6. The highest BCUT2D eigenvalue weighted by Crippen LogP contribution is 2.50. The first-order valence-electron chi connectivity index (χ1n) is 14.7. The molecular formula is C40H24N2OS. The summed E-state index contributed by atoms with van der Waals surface area (Å²) in [7, 11) is 0. The summed E-state index contributed by atoms with van der Waals surface area (Å²) in [6, 6.07) is 50.9. The van der Waals surface area contributed by atoms with E-state index in [1.165, 1.54) is 42.2 Å². The van der Waals surface area contributed by atoms with Crippen LogP contribution < -0.4 is 0 Å². The van der Waals surface area contributed by atoms with E-state index in [1.807, 2.05) is 35.6 Å². The SMILES string of the molecule is c1ccc(-c2nc3ccccc3c3sc(-c4ccc5ccccc5c4)c(-c4ccc(-c5nc6ccccc6o5)cc4)c23)cc1. The van der Waals surface area contributed by atoms with Gasteiger partial charge in [-0.25, -0.2) is 9.97 Å². The van der Waals surface area contributed by atoms with Crippen molar-refractivity contribution in [3.63, 3.8) is 0 Å². The molecule has 0 aliphatic carbocycles. The van der Waals surface area contributed by atoms with Crippen LogP contribution in [-0.2, 0) is 0 Å². The first-order valence-corrected chi connectivity index (χ1v) is 15.5. The van der Waals surface area contributed by atoms with Gasteiger partial charge in [-0.1, -0.05) is 109 Å². The predicted octanol–water partition coefficient (Wildman–Crippen LogP) is 11.4. The van der Waals surface area contributed by atoms with Gasteiger partial charge in [0.05, 0.1) is 11.2 Å². The van der Waals surface area contributed by atoms with Crippen LogP contribution in [0.2, 0.25) is 0 Å². The summed E-state index contributed by atoms with van der Waals surface area (Å²) in [6.07, 6.45) is 0. The van der Waals surface area contributed by atoms with Crippen molar-refractivity contribution in [3.8, 4) is 44.3 Å². The Morgan fingerprint density at radius 1 is 0.500 bits per heavy atom. The number of aromatic nitrogens is 2. The maximum atomic E-state index is 6.09. The van der Waals surface area contributed by atoms with Crippen molar-refractivity contribution >= 4 is 54.2 Å². The van der Waals surface area contributed by atoms with Gasteiger partial charge in [-0.05, 0) is 58.3 Å². The Bertz CT molecular complexity index is 2460. The Morgan fingerprint density at radius 2 is 1.18 bits per heavy atom. The largest absolute Gasteiger partial charge is 0.436 e. The van der Waals surface area contributed by atoms with Crippen LogP contribution in [0.5, 0.6) is 0 Å². The van der Waals surface area contributed by atoms with E-state index in [1.54, 1.807) is 0 Å². The molecule has 0 spiro atoms. The van der Waals surface area contributed by atoms with Crippen LogP contribution in [0.15, 0.2) is 150 Å². The van der Waals surface area contributed by atoms with Crippen LogP contribution in [0.3, 0.4) is 0 Å². The summed E-state index contributed by atoms with van der Waals surface area (Å²) in [4.78, 5) is 11.3. The number of pyridine rings is 1. The number of benzene rings is 6. The molecule has 3 nitrogen and oxygen atoms in total. The number of nitrogens with zero attached hydrogens (tertiary/aromatic N) is 2. The number of para-hydroxylation sites is 3. The first kappa shape index (κ1) is 25.0. The van der Waals surface area contributed by atoms with E-state index in [9.17, 15) is 0 Å². The Kier molecular flexibility index (Phi) is 5.68. The topological polar surface area (TPSA) is 38.9 Å². The molecule has 0 unspecified atom stereocenters. The molecule has 6 aromatic carbocycles. The molecule has 4 heteroatoms. The number of hydrogen-bond acceptors (Lipinski definition) is 4. The van der Waals surface area contributed by atoms with Gasteiger partial charge in [0.25, 0.3) is 0 Å². The van der Waals surface area contributed by atoms with Crippen molar-refractivity contribution in [3.05, 3.63) is 146 Å². The maximum Gasteiger partial charge on any atom is 0.227 e. The van der Waals surface area contributed by atoms with Crippen molar-refractivity contribution in [1.82, 2.24) is 9.97 Å². The van der Waals surface area contributed by atoms with E-state index in [2.05, 4.69) is 121 Å². The first-order chi connectivity index (χ1) is 21.8. The molecule has 0 radical (unpaired) electrons. The summed E-state index contributed by atoms with van der Waals surface area (Å²) in [5, 5.41) is 4.81. The van der Waals surface area contributed by atoms with Gasteiger partial charge in [0.1, 0.15) is 5.52 Å². The van der Waals surface area contributed by atoms with E-state index < -0.39 is 0 Å². The van der Waals surface area contributed by atoms with Crippen molar-refractivity contribution < 1.29 is 4.42 Å². The van der Waals surface area contributed by atoms with Gasteiger partial charge in [-0.2, -0.15) is 0 Å². The molecule has 0 aliphatic rings. The number of hydrogen-bond donors (Lipinski definition) is 0. The van der Waals surface area contributed by atoms with Gasteiger partial charge in [0.15, 0.2) is 5.58 Å². The quantitative estimate of drug-likeness (QED) is 0.208. The van der Waals surface area contributed by atoms with Crippen LogP contribution >= 0.6 is 11.3 Å². The molecule has 0 fully saturated rings. The lowest BCUT2D eigenvalue weighted by Gasteiger charge is -2.11. The van der Waals surface area contributed by atoms with Crippen LogP contribution in [0, 0.1) is 0 Å². The lowest BCUT2D eigenvalue weighted by molar-refractivity contribution is 0.620. The van der Waals surface area contributed by atoms with Crippen molar-refractivity contribution in [2.75, 3.05) is 0 Å². The molecular weight excluding hydrogens is 557 g/mol. The molecule has 0 N–H and O–H groups in total. The minimum Gasteiger partial charge on any atom is -0.436 e. The third-order valence-electron chi connectivity index (χ3n) is 8.30. The Hall–Kier alpha value is -5.58. The Balaban J connectivity index is 1.33. The summed E-state index contributed by atoms with van der Waals surface area (Å²) in [6.45, 7) is 0. The van der Waals surface area contributed by atoms with Gasteiger partial charge < -0.3 is 4.42 Å². The molecule has 0 saturated carbocycles. The third-order valence-corrected chi connectivity index (χ3v) is 9.57. The van der Waals surface area contributed by atoms with E-state index in [-0.39, 0.29) is 0 Å². The van der Waals surface area contributed by atoms with Crippen molar-refractivity contribution in [2.24, 2.45) is 0 Å². The van der Waals surface area contributed by atoms with Crippen LogP contribution in [0.25, 0.3) is 87.1 Å². The normalized spacial score (nSPS) is 11.6. The standard InChI is InChI=1S/C40H24N2OS/c1-2-11-27(12-3-1)37-36-35(26-19-21-28(22-20-26)40-42-33-16-8-9-17-34(33)43-40)38(30-23-18-25-10-4-5-13-29(25)24-30)44-39(36)31-14-6-7-15-32(31)41-37/h1-24H. The fourth-order valence-electron chi connectivity index (χ4n) is 6.18. The average molecular weight is 581 g/mol. The lowest BCUT2D eigenvalue weighted by atomic mass is 9.94. The van der Waals surface area contributed by atoms with Gasteiger partial charge in [-0.15, -0.1) is 11.3 Å². The zero-order valence-corrected chi connectivity index (χ0v) is 24.4. The molecule has 0 amide bonds. The van der Waals surface area contributed by atoms with Crippen LogP contribution in [0.1, 0.15) is 0 Å². The minimum atomic E-state index is 0.625. The smallest absolute Gasteiger partial charge is 0.227 e. The van der Waals surface area contributed by atoms with E-state index in [4.69, 9.17) is 14.4 Å². The molecule has 0 bridgehead atoms. The Labute approximate surface area is 257 Å². The molecule has 3 heterocycles. The summed E-state index contributed by atoms with van der Waals surface area (Å²) in [5.74, 6) is 0.625. The molecule has 206 valence electrons. The second-order valence-electron chi connectivity index (χ2n) is 11.0. The highest BCUT2D eigenvalue weighted by atomic mass is 32.1. The van der Waals surface area contributed by atoms with E-state index in [0.29, 0.717) is 5.89 Å². The van der Waals surface area contributed by atoms with Gasteiger partial charge in [-0.3, -0.25) is 0 Å². The number of oxazole rings is 1. The molecule has 0 saturated heterocycles. The maximum absolute atomic E-state index is 6.09. The minimum absolute atomic E-state index is 0.625. The molecule has 9 rings (SSSR count). The Morgan fingerprint density at radius 3 is 2.02 bits per heavy atom. The fourth-order valence-corrected chi connectivity index (χ4v) is 7.53. The highest BCUT2D eigenvalue weighted by Gasteiger charge is 2.23.